The fourth-order valence-corrected chi connectivity index (χ4v) is 3.43. The van der Waals surface area contributed by atoms with E-state index in [1.165, 1.54) is 12.4 Å². The molecule has 0 fully saturated rings. The number of rotatable bonds is 4. The smallest absolute Gasteiger partial charge is 0.323 e. The zero-order valence-corrected chi connectivity index (χ0v) is 15.7. The lowest BCUT2D eigenvalue weighted by molar-refractivity contribution is 0.624. The van der Waals surface area contributed by atoms with Gasteiger partial charge in [-0.05, 0) is 42.0 Å². The number of benzene rings is 2. The summed E-state index contributed by atoms with van der Waals surface area (Å²) in [4.78, 5) is 25.6. The molecule has 5 aromatic rings. The normalized spacial score (nSPS) is 11.4. The third kappa shape index (κ3) is 3.23. The third-order valence-electron chi connectivity index (χ3n) is 4.67. The number of fused-ring (bicyclic) bond motifs is 2. The van der Waals surface area contributed by atoms with Gasteiger partial charge in [-0.2, -0.15) is 0 Å². The second-order valence-electron chi connectivity index (χ2n) is 6.62. The number of hydrogen-bond donors (Lipinski definition) is 3. The molecule has 0 saturated heterocycles. The number of halogens is 2. The summed E-state index contributed by atoms with van der Waals surface area (Å²) in [5, 5.41) is 4.19. The largest absolute Gasteiger partial charge is 0.340 e. The SMILES string of the molecule is O=c1[nH]c2ccc(Nc3ncnc4c3ccn4Cc3ccc(Cl)c(F)c3)cc2[nH]1. The first kappa shape index (κ1) is 17.4. The van der Waals surface area contributed by atoms with E-state index in [1.54, 1.807) is 12.1 Å². The average molecular weight is 409 g/mol. The van der Waals surface area contributed by atoms with E-state index in [0.717, 1.165) is 22.2 Å². The number of aromatic amines is 2. The average Bonchev–Trinajstić information content (AvgIpc) is 3.28. The zero-order valence-electron chi connectivity index (χ0n) is 14.9. The van der Waals surface area contributed by atoms with E-state index in [2.05, 4.69) is 25.3 Å². The van der Waals surface area contributed by atoms with Crippen molar-refractivity contribution in [2.75, 3.05) is 5.32 Å². The molecule has 3 N–H and O–H groups in total. The van der Waals surface area contributed by atoms with Gasteiger partial charge in [0, 0.05) is 18.4 Å². The molecule has 3 heterocycles. The van der Waals surface area contributed by atoms with E-state index < -0.39 is 5.82 Å². The molecule has 3 aromatic heterocycles. The molecule has 7 nitrogen and oxygen atoms in total. The van der Waals surface area contributed by atoms with Crippen molar-refractivity contribution in [2.24, 2.45) is 0 Å². The van der Waals surface area contributed by atoms with Crippen molar-refractivity contribution in [1.82, 2.24) is 24.5 Å². The topological polar surface area (TPSA) is 91.4 Å². The predicted octanol–water partition coefficient (Wildman–Crippen LogP) is 4.19. The van der Waals surface area contributed by atoms with Crippen LogP contribution in [0.5, 0.6) is 0 Å². The maximum absolute atomic E-state index is 13.7. The minimum atomic E-state index is -0.448. The van der Waals surface area contributed by atoms with Gasteiger partial charge in [0.2, 0.25) is 0 Å². The molecular weight excluding hydrogens is 395 g/mol. The van der Waals surface area contributed by atoms with Gasteiger partial charge < -0.3 is 19.9 Å². The Morgan fingerprint density at radius 2 is 1.93 bits per heavy atom. The van der Waals surface area contributed by atoms with Crippen LogP contribution in [0, 0.1) is 5.82 Å². The molecule has 0 saturated carbocycles. The molecule has 0 spiro atoms. The fraction of sp³-hybridized carbons (Fsp3) is 0.0500. The van der Waals surface area contributed by atoms with E-state index in [4.69, 9.17) is 11.6 Å². The summed E-state index contributed by atoms with van der Waals surface area (Å²) in [7, 11) is 0. The second kappa shape index (κ2) is 6.75. The molecule has 29 heavy (non-hydrogen) atoms. The number of nitrogens with one attached hydrogen (secondary N) is 3. The molecular formula is C20H14ClFN6O. The van der Waals surface area contributed by atoms with Gasteiger partial charge in [-0.1, -0.05) is 17.7 Å². The molecule has 0 radical (unpaired) electrons. The Bertz CT molecular complexity index is 1420. The Kier molecular flexibility index (Phi) is 4.06. The van der Waals surface area contributed by atoms with E-state index in [1.807, 2.05) is 35.0 Å². The maximum Gasteiger partial charge on any atom is 0.323 e. The van der Waals surface area contributed by atoms with Gasteiger partial charge in [0.25, 0.3) is 0 Å². The van der Waals surface area contributed by atoms with E-state index in [9.17, 15) is 9.18 Å². The van der Waals surface area contributed by atoms with Crippen LogP contribution in [0.15, 0.2) is 59.8 Å². The monoisotopic (exact) mass is 408 g/mol. The zero-order chi connectivity index (χ0) is 20.0. The summed E-state index contributed by atoms with van der Waals surface area (Å²) < 4.78 is 15.7. The number of imidazole rings is 1. The van der Waals surface area contributed by atoms with E-state index in [0.29, 0.717) is 23.5 Å². The third-order valence-corrected chi connectivity index (χ3v) is 4.98. The molecule has 144 valence electrons. The Hall–Kier alpha value is -3.65. The first-order valence-corrected chi connectivity index (χ1v) is 9.17. The summed E-state index contributed by atoms with van der Waals surface area (Å²) >= 11 is 5.76. The molecule has 0 atom stereocenters. The van der Waals surface area contributed by atoms with Gasteiger partial charge in [-0.3, -0.25) is 0 Å². The summed E-state index contributed by atoms with van der Waals surface area (Å²) in [6.07, 6.45) is 3.35. The highest BCUT2D eigenvalue weighted by atomic mass is 35.5. The summed E-state index contributed by atoms with van der Waals surface area (Å²) in [5.74, 6) is 0.184. The Labute approximate surface area is 168 Å². The van der Waals surface area contributed by atoms with Crippen molar-refractivity contribution >= 4 is 45.2 Å². The summed E-state index contributed by atoms with van der Waals surface area (Å²) in [6.45, 7) is 0.449. The lowest BCUT2D eigenvalue weighted by atomic mass is 10.2. The number of hydrogen-bond acceptors (Lipinski definition) is 4. The fourth-order valence-electron chi connectivity index (χ4n) is 3.31. The van der Waals surface area contributed by atoms with Crippen LogP contribution in [0.25, 0.3) is 22.1 Å². The van der Waals surface area contributed by atoms with Gasteiger partial charge in [0.1, 0.15) is 23.6 Å². The van der Waals surface area contributed by atoms with Crippen LogP contribution >= 0.6 is 11.6 Å². The molecule has 5 rings (SSSR count). The van der Waals surface area contributed by atoms with Gasteiger partial charge in [-0.15, -0.1) is 0 Å². The Balaban J connectivity index is 1.48. The highest BCUT2D eigenvalue weighted by Gasteiger charge is 2.11. The minimum Gasteiger partial charge on any atom is -0.340 e. The van der Waals surface area contributed by atoms with Crippen molar-refractivity contribution in [1.29, 1.82) is 0 Å². The minimum absolute atomic E-state index is 0.0978. The van der Waals surface area contributed by atoms with E-state index >= 15 is 0 Å². The first-order valence-electron chi connectivity index (χ1n) is 8.80. The van der Waals surface area contributed by atoms with Crippen LogP contribution < -0.4 is 11.0 Å². The molecule has 0 amide bonds. The second-order valence-corrected chi connectivity index (χ2v) is 7.02. The number of anilines is 2. The Morgan fingerprint density at radius 3 is 2.79 bits per heavy atom. The van der Waals surface area contributed by atoms with Crippen LogP contribution in [-0.4, -0.2) is 24.5 Å². The maximum atomic E-state index is 13.7. The van der Waals surface area contributed by atoms with Crippen LogP contribution in [0.1, 0.15) is 5.56 Å². The van der Waals surface area contributed by atoms with Crippen LogP contribution in [-0.2, 0) is 6.54 Å². The number of H-pyrrole nitrogens is 2. The first-order chi connectivity index (χ1) is 14.1. The molecule has 9 heteroatoms. The van der Waals surface area contributed by atoms with Gasteiger partial charge in [0.05, 0.1) is 21.4 Å². The number of nitrogens with zero attached hydrogens (tertiary/aromatic N) is 3. The van der Waals surface area contributed by atoms with Crippen LogP contribution in [0.2, 0.25) is 5.02 Å². The lowest BCUT2D eigenvalue weighted by Gasteiger charge is -2.08. The molecule has 0 bridgehead atoms. The van der Waals surface area contributed by atoms with Gasteiger partial charge in [0.15, 0.2) is 0 Å². The Morgan fingerprint density at radius 1 is 1.07 bits per heavy atom. The highest BCUT2D eigenvalue weighted by molar-refractivity contribution is 6.30. The van der Waals surface area contributed by atoms with E-state index in [-0.39, 0.29) is 10.7 Å². The van der Waals surface area contributed by atoms with Gasteiger partial charge >= 0.3 is 5.69 Å². The molecule has 2 aromatic carbocycles. The molecule has 0 aliphatic carbocycles. The van der Waals surface area contributed by atoms with Crippen molar-refractivity contribution in [3.63, 3.8) is 0 Å². The van der Waals surface area contributed by atoms with Crippen molar-refractivity contribution in [2.45, 2.75) is 6.54 Å². The standard InChI is InChI=1S/C20H14ClFN6O/c21-14-3-1-11(7-15(14)22)9-28-6-5-13-18(23-10-24-19(13)28)25-12-2-4-16-17(8-12)27-20(29)26-16/h1-8,10H,9H2,(H,23,24,25)(H2,26,27,29). The number of aromatic nitrogens is 5. The lowest BCUT2D eigenvalue weighted by Crippen LogP contribution is -2.01. The summed E-state index contributed by atoms with van der Waals surface area (Å²) in [5.41, 5.74) is 3.45. The molecule has 0 aliphatic heterocycles. The predicted molar refractivity (Wildman–Crippen MR) is 110 cm³/mol. The molecule has 0 unspecified atom stereocenters. The quantitative estimate of drug-likeness (QED) is 0.416. The van der Waals surface area contributed by atoms with Crippen molar-refractivity contribution < 1.29 is 4.39 Å². The van der Waals surface area contributed by atoms with Crippen LogP contribution in [0.4, 0.5) is 15.9 Å². The van der Waals surface area contributed by atoms with Crippen molar-refractivity contribution in [3.8, 4) is 0 Å². The van der Waals surface area contributed by atoms with Crippen LogP contribution in [0.3, 0.4) is 0 Å². The highest BCUT2D eigenvalue weighted by Crippen LogP contribution is 2.26. The molecule has 0 aliphatic rings. The van der Waals surface area contributed by atoms with Crippen molar-refractivity contribution in [3.05, 3.63) is 81.9 Å². The summed E-state index contributed by atoms with van der Waals surface area (Å²) in [6, 6.07) is 12.1. The van der Waals surface area contributed by atoms with Gasteiger partial charge in [-0.25, -0.2) is 19.2 Å².